The molecule has 0 unspecified atom stereocenters. The Kier molecular flexibility index (Phi) is 8.25. The molecule has 0 spiro atoms. The van der Waals surface area contributed by atoms with Crippen molar-refractivity contribution in [2.45, 2.75) is 26.7 Å². The summed E-state index contributed by atoms with van der Waals surface area (Å²) >= 11 is 0. The summed E-state index contributed by atoms with van der Waals surface area (Å²) in [5.41, 5.74) is -1.92. The summed E-state index contributed by atoms with van der Waals surface area (Å²) in [5.74, 6) is -1.97. The van der Waals surface area contributed by atoms with E-state index in [1.54, 1.807) is 6.92 Å². The van der Waals surface area contributed by atoms with E-state index < -0.39 is 49.1 Å². The van der Waals surface area contributed by atoms with Gasteiger partial charge in [0.25, 0.3) is 5.69 Å². The van der Waals surface area contributed by atoms with Gasteiger partial charge in [0.05, 0.1) is 26.4 Å². The number of phenols is 2. The lowest BCUT2D eigenvalue weighted by atomic mass is 10.1. The molecule has 0 aromatic heterocycles. The molecule has 31 heavy (non-hydrogen) atoms. The molecule has 0 saturated carbocycles. The number of phenolic OH excluding ortho intramolecular Hbond substituents is 2. The van der Waals surface area contributed by atoms with E-state index in [0.717, 1.165) is 18.2 Å². The predicted octanol–water partition coefficient (Wildman–Crippen LogP) is 3.69. The molecule has 0 saturated heterocycles. The average Bonchev–Trinajstić information content (AvgIpc) is 2.71. The van der Waals surface area contributed by atoms with E-state index in [2.05, 4.69) is 0 Å². The van der Waals surface area contributed by atoms with Crippen molar-refractivity contribution in [2.24, 2.45) is 0 Å². The summed E-state index contributed by atoms with van der Waals surface area (Å²) < 4.78 is 0. The molecule has 0 heterocycles. The lowest BCUT2D eigenvalue weighted by Crippen LogP contribution is -2.04. The fourth-order valence-corrected chi connectivity index (χ4v) is 2.33. The Labute approximate surface area is 174 Å². The van der Waals surface area contributed by atoms with Crippen LogP contribution in [-0.2, 0) is 0 Å². The zero-order chi connectivity index (χ0) is 23.9. The summed E-state index contributed by atoms with van der Waals surface area (Å²) in [6.07, 6.45) is 0.301. The minimum atomic E-state index is -0.956. The van der Waals surface area contributed by atoms with E-state index in [1.165, 1.54) is 13.0 Å². The first-order chi connectivity index (χ1) is 14.4. The van der Waals surface area contributed by atoms with Gasteiger partial charge in [0.15, 0.2) is 23.1 Å². The fraction of sp³-hybridized carbons (Fsp3) is 0.222. The average molecular weight is 435 g/mol. The van der Waals surface area contributed by atoms with Crippen molar-refractivity contribution in [2.75, 3.05) is 0 Å². The van der Waals surface area contributed by atoms with Crippen LogP contribution in [0.4, 0.5) is 17.1 Å². The second-order valence-corrected chi connectivity index (χ2v) is 5.89. The number of aromatic hydroxyl groups is 2. The van der Waals surface area contributed by atoms with Gasteiger partial charge in [0.2, 0.25) is 0 Å². The number of hydrogen-bond acceptors (Lipinski definition) is 10. The number of rotatable bonds is 7. The van der Waals surface area contributed by atoms with E-state index in [-0.39, 0.29) is 23.3 Å². The highest BCUT2D eigenvalue weighted by Crippen LogP contribution is 2.34. The van der Waals surface area contributed by atoms with Gasteiger partial charge in [-0.1, -0.05) is 13.8 Å². The van der Waals surface area contributed by atoms with Crippen LogP contribution in [0.3, 0.4) is 0 Å². The lowest BCUT2D eigenvalue weighted by Gasteiger charge is -2.02. The first-order valence-corrected chi connectivity index (χ1v) is 8.64. The summed E-state index contributed by atoms with van der Waals surface area (Å²) in [6.45, 7) is 3.17. The van der Waals surface area contributed by atoms with Gasteiger partial charge in [-0.3, -0.25) is 39.9 Å². The Bertz CT molecular complexity index is 1060. The molecule has 0 bridgehead atoms. The maximum Gasteiger partial charge on any atom is 0.317 e. The molecule has 164 valence electrons. The highest BCUT2D eigenvalue weighted by molar-refractivity contribution is 6.00. The van der Waals surface area contributed by atoms with E-state index in [4.69, 9.17) is 0 Å². The molecule has 0 atom stereocenters. The Morgan fingerprint density at radius 3 is 1.65 bits per heavy atom. The molecular weight excluding hydrogens is 418 g/mol. The molecule has 2 N–H and O–H groups in total. The first-order valence-electron chi connectivity index (χ1n) is 8.64. The largest absolute Gasteiger partial charge is 0.502 e. The SMILES string of the molecule is CCC(=O)c1cc(O)c([N+](=O)[O-])cc1[N+](=O)[O-].CCC(=O)c1ccc([N+](=O)[O-])c(O)c1. The van der Waals surface area contributed by atoms with Crippen LogP contribution in [0.5, 0.6) is 11.5 Å². The maximum atomic E-state index is 11.4. The van der Waals surface area contributed by atoms with E-state index in [0.29, 0.717) is 12.5 Å². The molecule has 0 fully saturated rings. The normalized spacial score (nSPS) is 9.87. The van der Waals surface area contributed by atoms with Crippen LogP contribution in [0.1, 0.15) is 47.4 Å². The van der Waals surface area contributed by atoms with Gasteiger partial charge in [-0.15, -0.1) is 0 Å². The van der Waals surface area contributed by atoms with Crippen LogP contribution in [0.25, 0.3) is 0 Å². The molecule has 2 rings (SSSR count). The maximum absolute atomic E-state index is 11.4. The molecule has 2 aromatic carbocycles. The molecule has 13 nitrogen and oxygen atoms in total. The molecule has 2 aromatic rings. The molecule has 0 aliphatic carbocycles. The van der Waals surface area contributed by atoms with Crippen molar-refractivity contribution < 1.29 is 34.6 Å². The number of Topliss-reactive ketones (excluding diaryl/α,β-unsaturated/α-hetero) is 2. The monoisotopic (exact) mass is 435 g/mol. The number of nitro benzene ring substituents is 3. The number of ketones is 2. The van der Waals surface area contributed by atoms with Crippen LogP contribution in [0.2, 0.25) is 0 Å². The minimum Gasteiger partial charge on any atom is -0.502 e. The van der Waals surface area contributed by atoms with Crippen LogP contribution >= 0.6 is 0 Å². The van der Waals surface area contributed by atoms with Crippen molar-refractivity contribution in [1.82, 2.24) is 0 Å². The van der Waals surface area contributed by atoms with Crippen molar-refractivity contribution >= 4 is 28.6 Å². The molecule has 0 aliphatic rings. The van der Waals surface area contributed by atoms with Crippen molar-refractivity contribution in [3.05, 3.63) is 71.8 Å². The third kappa shape index (κ3) is 6.03. The highest BCUT2D eigenvalue weighted by Gasteiger charge is 2.27. The molecule has 0 aliphatic heterocycles. The van der Waals surface area contributed by atoms with E-state index in [9.17, 15) is 50.1 Å². The zero-order valence-electron chi connectivity index (χ0n) is 16.3. The first kappa shape index (κ1) is 24.6. The van der Waals surface area contributed by atoms with Gasteiger partial charge < -0.3 is 10.2 Å². The second-order valence-electron chi connectivity index (χ2n) is 5.89. The summed E-state index contributed by atoms with van der Waals surface area (Å²) in [6, 6.07) is 4.91. The Morgan fingerprint density at radius 2 is 1.23 bits per heavy atom. The molecule has 13 heteroatoms. The number of hydrogen-bond donors (Lipinski definition) is 2. The Balaban J connectivity index is 0.000000316. The lowest BCUT2D eigenvalue weighted by molar-refractivity contribution is -0.394. The van der Waals surface area contributed by atoms with Crippen LogP contribution in [0.15, 0.2) is 30.3 Å². The van der Waals surface area contributed by atoms with Gasteiger partial charge in [-0.2, -0.15) is 0 Å². The highest BCUT2D eigenvalue weighted by atomic mass is 16.6. The smallest absolute Gasteiger partial charge is 0.317 e. The predicted molar refractivity (Wildman–Crippen MR) is 105 cm³/mol. The summed E-state index contributed by atoms with van der Waals surface area (Å²) in [4.78, 5) is 51.5. The van der Waals surface area contributed by atoms with Crippen molar-refractivity contribution in [3.63, 3.8) is 0 Å². The molecule has 0 amide bonds. The Morgan fingerprint density at radius 1 is 0.742 bits per heavy atom. The summed E-state index contributed by atoms with van der Waals surface area (Å²) in [7, 11) is 0. The van der Waals surface area contributed by atoms with Gasteiger partial charge in [-0.05, 0) is 12.1 Å². The molecule has 0 radical (unpaired) electrons. The number of nitrogens with zero attached hydrogens (tertiary/aromatic N) is 3. The van der Waals surface area contributed by atoms with E-state index in [1.807, 2.05) is 0 Å². The topological polar surface area (TPSA) is 204 Å². The Hall–Kier alpha value is -4.42. The summed E-state index contributed by atoms with van der Waals surface area (Å²) in [5, 5.41) is 50.0. The number of carbonyl (C=O) groups excluding carboxylic acids is 2. The van der Waals surface area contributed by atoms with Crippen LogP contribution < -0.4 is 0 Å². The standard InChI is InChI=1S/C9H8N2O6.C9H9NO4/c1-2-8(12)5-3-9(13)7(11(16)17)4-6(5)10(14)15;1-2-8(11)6-3-4-7(10(13)14)9(12)5-6/h3-4,13H,2H2,1H3;3-5,12H,2H2,1H3. The van der Waals surface area contributed by atoms with Gasteiger partial charge in [0, 0.05) is 30.5 Å². The molecular formula is C18H17N3O10. The minimum absolute atomic E-state index is 0.00189. The van der Waals surface area contributed by atoms with Gasteiger partial charge >= 0.3 is 11.4 Å². The number of benzene rings is 2. The van der Waals surface area contributed by atoms with Crippen molar-refractivity contribution in [3.8, 4) is 11.5 Å². The third-order valence-corrected chi connectivity index (χ3v) is 3.92. The van der Waals surface area contributed by atoms with Gasteiger partial charge in [0.1, 0.15) is 0 Å². The van der Waals surface area contributed by atoms with Gasteiger partial charge in [-0.25, -0.2) is 0 Å². The van der Waals surface area contributed by atoms with Crippen LogP contribution in [0, 0.1) is 30.3 Å². The fourth-order valence-electron chi connectivity index (χ4n) is 2.33. The second kappa shape index (κ2) is 10.4. The van der Waals surface area contributed by atoms with E-state index >= 15 is 0 Å². The van der Waals surface area contributed by atoms with Crippen LogP contribution in [-0.4, -0.2) is 36.5 Å². The van der Waals surface area contributed by atoms with Crippen molar-refractivity contribution in [1.29, 1.82) is 0 Å². The zero-order valence-corrected chi connectivity index (χ0v) is 16.3. The third-order valence-electron chi connectivity index (χ3n) is 3.92. The number of carbonyl (C=O) groups is 2. The quantitative estimate of drug-likeness (QED) is 0.366. The number of nitro groups is 3.